The molecule has 150 valence electrons. The molecule has 4 aromatic rings. The highest BCUT2D eigenvalue weighted by Crippen LogP contribution is 2.32. The van der Waals surface area contributed by atoms with E-state index in [-0.39, 0.29) is 11.3 Å². The van der Waals surface area contributed by atoms with Crippen molar-refractivity contribution < 1.29 is 19.1 Å². The van der Waals surface area contributed by atoms with Gasteiger partial charge in [-0.05, 0) is 29.7 Å². The van der Waals surface area contributed by atoms with E-state index in [2.05, 4.69) is 10.1 Å². The van der Waals surface area contributed by atoms with E-state index in [0.29, 0.717) is 22.1 Å². The van der Waals surface area contributed by atoms with E-state index < -0.39 is 11.9 Å². The van der Waals surface area contributed by atoms with Gasteiger partial charge in [-0.1, -0.05) is 41.9 Å². The van der Waals surface area contributed by atoms with Crippen molar-refractivity contribution in [3.05, 3.63) is 77.2 Å². The summed E-state index contributed by atoms with van der Waals surface area (Å²) in [5.41, 5.74) is 1.51. The van der Waals surface area contributed by atoms with Gasteiger partial charge in [-0.15, -0.1) is 0 Å². The van der Waals surface area contributed by atoms with Gasteiger partial charge < -0.3 is 9.47 Å². The zero-order chi connectivity index (χ0) is 21.3. The molecule has 0 atom stereocenters. The SMILES string of the molecule is COC(=O)c1c(-c2ccc3c(Cl)nccc3c2)nn(-c2ccccc2)c1C(=O)OC. The fraction of sp³-hybridized carbons (Fsp3) is 0.0909. The van der Waals surface area contributed by atoms with Gasteiger partial charge in [-0.25, -0.2) is 19.3 Å². The van der Waals surface area contributed by atoms with Gasteiger partial charge in [-0.3, -0.25) is 0 Å². The van der Waals surface area contributed by atoms with Crippen LogP contribution in [-0.2, 0) is 9.47 Å². The normalized spacial score (nSPS) is 10.8. The number of aromatic nitrogens is 3. The van der Waals surface area contributed by atoms with Gasteiger partial charge in [0.15, 0.2) is 5.69 Å². The first-order valence-corrected chi connectivity index (χ1v) is 9.32. The van der Waals surface area contributed by atoms with Crippen LogP contribution < -0.4 is 0 Å². The van der Waals surface area contributed by atoms with Crippen LogP contribution in [0.4, 0.5) is 0 Å². The summed E-state index contributed by atoms with van der Waals surface area (Å²) in [6.45, 7) is 0. The van der Waals surface area contributed by atoms with Crippen LogP contribution in [0, 0.1) is 0 Å². The number of pyridine rings is 1. The molecule has 2 heterocycles. The standard InChI is InChI=1S/C22H16ClN3O4/c1-29-21(27)17-18(14-8-9-16-13(12-14)10-11-24-20(16)23)25-26(19(17)22(28)30-2)15-6-4-3-5-7-15/h3-12H,1-2H3. The van der Waals surface area contributed by atoms with Crippen molar-refractivity contribution in [3.63, 3.8) is 0 Å². The maximum Gasteiger partial charge on any atom is 0.357 e. The highest BCUT2D eigenvalue weighted by molar-refractivity contribution is 6.34. The molecule has 0 aliphatic rings. The fourth-order valence-electron chi connectivity index (χ4n) is 3.25. The fourth-order valence-corrected chi connectivity index (χ4v) is 3.47. The average molecular weight is 422 g/mol. The molecule has 0 saturated carbocycles. The minimum atomic E-state index is -0.703. The predicted molar refractivity (Wildman–Crippen MR) is 112 cm³/mol. The van der Waals surface area contributed by atoms with Gasteiger partial charge in [0, 0.05) is 17.1 Å². The molecule has 2 aromatic heterocycles. The summed E-state index contributed by atoms with van der Waals surface area (Å²) in [5, 5.41) is 6.54. The highest BCUT2D eigenvalue weighted by Gasteiger charge is 2.31. The van der Waals surface area contributed by atoms with Crippen molar-refractivity contribution in [2.45, 2.75) is 0 Å². The Kier molecular flexibility index (Phi) is 5.20. The second kappa shape index (κ2) is 7.96. The Labute approximate surface area is 176 Å². The van der Waals surface area contributed by atoms with E-state index in [0.717, 1.165) is 10.8 Å². The summed E-state index contributed by atoms with van der Waals surface area (Å²) in [5.74, 6) is -1.40. The Hall–Kier alpha value is -3.71. The molecular weight excluding hydrogens is 406 g/mol. The zero-order valence-electron chi connectivity index (χ0n) is 16.1. The first-order chi connectivity index (χ1) is 14.5. The molecule has 0 bridgehead atoms. The quantitative estimate of drug-likeness (QED) is 0.360. The topological polar surface area (TPSA) is 83.3 Å². The maximum absolute atomic E-state index is 12.7. The minimum Gasteiger partial charge on any atom is -0.465 e. The Morgan fingerprint density at radius 3 is 2.40 bits per heavy atom. The number of ether oxygens (including phenoxy) is 2. The van der Waals surface area contributed by atoms with Crippen LogP contribution in [-0.4, -0.2) is 40.9 Å². The smallest absolute Gasteiger partial charge is 0.357 e. The van der Waals surface area contributed by atoms with Crippen LogP contribution >= 0.6 is 11.6 Å². The molecule has 0 amide bonds. The number of halogens is 1. The van der Waals surface area contributed by atoms with Gasteiger partial charge in [0.05, 0.1) is 19.9 Å². The van der Waals surface area contributed by atoms with Gasteiger partial charge in [-0.2, -0.15) is 5.10 Å². The van der Waals surface area contributed by atoms with Gasteiger partial charge in [0.25, 0.3) is 0 Å². The molecule has 0 spiro atoms. The van der Waals surface area contributed by atoms with Crippen LogP contribution in [0.2, 0.25) is 5.15 Å². The highest BCUT2D eigenvalue weighted by atomic mass is 35.5. The van der Waals surface area contributed by atoms with E-state index in [1.54, 1.807) is 48.7 Å². The molecule has 0 fully saturated rings. The third-order valence-corrected chi connectivity index (χ3v) is 4.94. The molecule has 4 rings (SSSR count). The summed E-state index contributed by atoms with van der Waals surface area (Å²) in [7, 11) is 2.50. The number of carbonyl (C=O) groups excluding carboxylic acids is 2. The molecule has 0 unspecified atom stereocenters. The molecule has 0 radical (unpaired) electrons. The van der Waals surface area contributed by atoms with E-state index in [9.17, 15) is 9.59 Å². The second-order valence-corrected chi connectivity index (χ2v) is 6.70. The number of rotatable bonds is 4. The van der Waals surface area contributed by atoms with E-state index in [1.165, 1.54) is 18.9 Å². The average Bonchev–Trinajstić information content (AvgIpc) is 3.19. The Bertz CT molecular complexity index is 1270. The van der Waals surface area contributed by atoms with Crippen molar-refractivity contribution in [3.8, 4) is 16.9 Å². The number of para-hydroxylation sites is 1. The Morgan fingerprint density at radius 2 is 1.70 bits per heavy atom. The number of hydrogen-bond donors (Lipinski definition) is 0. The lowest BCUT2D eigenvalue weighted by atomic mass is 10.0. The molecule has 0 saturated heterocycles. The summed E-state index contributed by atoms with van der Waals surface area (Å²) in [6, 6.07) is 16.2. The van der Waals surface area contributed by atoms with E-state index in [4.69, 9.17) is 21.1 Å². The van der Waals surface area contributed by atoms with Gasteiger partial charge >= 0.3 is 11.9 Å². The van der Waals surface area contributed by atoms with Crippen molar-refractivity contribution in [1.82, 2.24) is 14.8 Å². The number of benzene rings is 2. The molecule has 2 aromatic carbocycles. The number of methoxy groups -OCH3 is 2. The summed E-state index contributed by atoms with van der Waals surface area (Å²) < 4.78 is 11.3. The van der Waals surface area contributed by atoms with Crippen molar-refractivity contribution in [1.29, 1.82) is 0 Å². The Morgan fingerprint density at radius 1 is 0.967 bits per heavy atom. The van der Waals surface area contributed by atoms with Crippen molar-refractivity contribution >= 4 is 34.3 Å². The predicted octanol–water partition coefficient (Wildman–Crippen LogP) is 4.31. The first-order valence-electron chi connectivity index (χ1n) is 8.95. The number of hydrogen-bond acceptors (Lipinski definition) is 6. The number of carbonyl (C=O) groups is 2. The van der Waals surface area contributed by atoms with Crippen LogP contribution in [0.5, 0.6) is 0 Å². The molecule has 7 nitrogen and oxygen atoms in total. The Balaban J connectivity index is 2.03. The monoisotopic (exact) mass is 421 g/mol. The molecule has 8 heteroatoms. The van der Waals surface area contributed by atoms with Crippen LogP contribution in [0.3, 0.4) is 0 Å². The first kappa shape index (κ1) is 19.6. The lowest BCUT2D eigenvalue weighted by Crippen LogP contribution is -2.15. The van der Waals surface area contributed by atoms with E-state index in [1.807, 2.05) is 12.1 Å². The molecular formula is C22H16ClN3O4. The van der Waals surface area contributed by atoms with E-state index >= 15 is 0 Å². The number of fused-ring (bicyclic) bond motifs is 1. The van der Waals surface area contributed by atoms with Crippen molar-refractivity contribution in [2.24, 2.45) is 0 Å². The van der Waals surface area contributed by atoms with Gasteiger partial charge in [0.2, 0.25) is 0 Å². The third kappa shape index (κ3) is 3.29. The minimum absolute atomic E-state index is 0.0154. The van der Waals surface area contributed by atoms with Gasteiger partial charge in [0.1, 0.15) is 16.4 Å². The third-order valence-electron chi connectivity index (χ3n) is 4.64. The lowest BCUT2D eigenvalue weighted by Gasteiger charge is -2.07. The second-order valence-electron chi connectivity index (χ2n) is 6.34. The largest absolute Gasteiger partial charge is 0.465 e. The van der Waals surface area contributed by atoms with Crippen LogP contribution in [0.25, 0.3) is 27.7 Å². The van der Waals surface area contributed by atoms with Crippen LogP contribution in [0.15, 0.2) is 60.8 Å². The van der Waals surface area contributed by atoms with Crippen LogP contribution in [0.1, 0.15) is 20.8 Å². The molecule has 0 aliphatic carbocycles. The lowest BCUT2D eigenvalue weighted by molar-refractivity contribution is 0.0549. The molecule has 0 aliphatic heterocycles. The summed E-state index contributed by atoms with van der Waals surface area (Å²) in [6.07, 6.45) is 1.60. The summed E-state index contributed by atoms with van der Waals surface area (Å²) >= 11 is 6.16. The number of nitrogens with zero attached hydrogens (tertiary/aromatic N) is 3. The number of esters is 2. The molecule has 0 N–H and O–H groups in total. The summed E-state index contributed by atoms with van der Waals surface area (Å²) in [4.78, 5) is 29.4. The molecule has 30 heavy (non-hydrogen) atoms. The zero-order valence-corrected chi connectivity index (χ0v) is 16.9. The van der Waals surface area contributed by atoms with Crippen molar-refractivity contribution in [2.75, 3.05) is 14.2 Å². The maximum atomic E-state index is 12.7.